The number of hydrogen-bond acceptors (Lipinski definition) is 3. The zero-order valence-electron chi connectivity index (χ0n) is 13.0. The number of fused-ring (bicyclic) bond motifs is 1. The number of methoxy groups -OCH3 is 1. The summed E-state index contributed by atoms with van der Waals surface area (Å²) in [5, 5.41) is 0.507. The van der Waals surface area contributed by atoms with Crippen LogP contribution < -0.4 is 10.3 Å². The van der Waals surface area contributed by atoms with Crippen LogP contribution in [0.5, 0.6) is 5.75 Å². The van der Waals surface area contributed by atoms with Gasteiger partial charge in [0.25, 0.3) is 5.56 Å². The fraction of sp³-hybridized carbons (Fsp3) is 0.222. The number of halogens is 1. The van der Waals surface area contributed by atoms with Crippen molar-refractivity contribution < 1.29 is 9.13 Å². The number of aromatic nitrogens is 2. The van der Waals surface area contributed by atoms with E-state index in [1.54, 1.807) is 48.3 Å². The molecule has 0 amide bonds. The Kier molecular flexibility index (Phi) is 4.10. The predicted molar refractivity (Wildman–Crippen MR) is 87.4 cm³/mol. The van der Waals surface area contributed by atoms with E-state index in [1.807, 2.05) is 6.92 Å². The van der Waals surface area contributed by atoms with E-state index < -0.39 is 0 Å². The average Bonchev–Trinajstić information content (AvgIpc) is 2.59. The van der Waals surface area contributed by atoms with Crippen LogP contribution in [0.25, 0.3) is 10.9 Å². The first-order valence-corrected chi connectivity index (χ1v) is 7.44. The van der Waals surface area contributed by atoms with E-state index in [2.05, 4.69) is 4.98 Å². The molecule has 3 rings (SSSR count). The molecular weight excluding hydrogens is 295 g/mol. The molecule has 0 saturated carbocycles. The van der Waals surface area contributed by atoms with E-state index in [0.717, 1.165) is 5.56 Å². The number of ether oxygens (including phenoxy) is 1. The molecule has 0 radical (unpaired) electrons. The van der Waals surface area contributed by atoms with Crippen molar-refractivity contribution in [1.82, 2.24) is 9.55 Å². The molecule has 1 heterocycles. The molecule has 0 saturated heterocycles. The summed E-state index contributed by atoms with van der Waals surface area (Å²) in [6.07, 6.45) is 2.25. The molecule has 2 aromatic carbocycles. The highest BCUT2D eigenvalue weighted by molar-refractivity contribution is 5.78. The van der Waals surface area contributed by atoms with Crippen molar-refractivity contribution in [3.05, 3.63) is 70.5 Å². The van der Waals surface area contributed by atoms with Gasteiger partial charge in [0.15, 0.2) is 0 Å². The molecule has 1 atom stereocenters. The van der Waals surface area contributed by atoms with Crippen LogP contribution in [0.1, 0.15) is 24.9 Å². The van der Waals surface area contributed by atoms with Crippen molar-refractivity contribution >= 4 is 10.9 Å². The number of rotatable bonds is 4. The topological polar surface area (TPSA) is 44.1 Å². The van der Waals surface area contributed by atoms with Gasteiger partial charge in [-0.25, -0.2) is 9.37 Å². The van der Waals surface area contributed by atoms with Crippen LogP contribution in [0, 0.1) is 5.82 Å². The first-order chi connectivity index (χ1) is 11.1. The van der Waals surface area contributed by atoms with Crippen LogP contribution in [-0.2, 0) is 0 Å². The lowest BCUT2D eigenvalue weighted by Gasteiger charge is -2.19. The lowest BCUT2D eigenvalue weighted by atomic mass is 10.0. The van der Waals surface area contributed by atoms with Gasteiger partial charge in [-0.1, -0.05) is 19.1 Å². The lowest BCUT2D eigenvalue weighted by Crippen LogP contribution is -2.25. The Hall–Kier alpha value is -2.69. The maximum atomic E-state index is 13.1. The Morgan fingerprint density at radius 2 is 1.96 bits per heavy atom. The largest absolute Gasteiger partial charge is 0.497 e. The third kappa shape index (κ3) is 2.82. The number of nitrogens with zero attached hydrogens (tertiary/aromatic N) is 2. The van der Waals surface area contributed by atoms with Crippen LogP contribution >= 0.6 is 0 Å². The fourth-order valence-electron chi connectivity index (χ4n) is 2.74. The maximum Gasteiger partial charge on any atom is 0.261 e. The second-order valence-corrected chi connectivity index (χ2v) is 5.32. The molecule has 0 aliphatic carbocycles. The molecule has 0 aliphatic rings. The van der Waals surface area contributed by atoms with Crippen LogP contribution in [0.4, 0.5) is 4.39 Å². The Morgan fingerprint density at radius 3 is 2.61 bits per heavy atom. The van der Waals surface area contributed by atoms with Gasteiger partial charge in [0.1, 0.15) is 11.6 Å². The molecule has 4 nitrogen and oxygen atoms in total. The summed E-state index contributed by atoms with van der Waals surface area (Å²) in [6.45, 7) is 1.98. The fourth-order valence-corrected chi connectivity index (χ4v) is 2.74. The molecule has 0 bridgehead atoms. The van der Waals surface area contributed by atoms with Crippen molar-refractivity contribution in [2.45, 2.75) is 19.4 Å². The van der Waals surface area contributed by atoms with Crippen molar-refractivity contribution in [2.24, 2.45) is 0 Å². The van der Waals surface area contributed by atoms with Crippen LogP contribution in [0.15, 0.2) is 53.6 Å². The summed E-state index contributed by atoms with van der Waals surface area (Å²) in [5.41, 5.74) is 1.37. The minimum absolute atomic E-state index is 0.134. The lowest BCUT2D eigenvalue weighted by molar-refractivity contribution is 0.415. The number of benzene rings is 2. The molecule has 5 heteroatoms. The van der Waals surface area contributed by atoms with Gasteiger partial charge in [0.05, 0.1) is 30.4 Å². The molecule has 23 heavy (non-hydrogen) atoms. The first-order valence-electron chi connectivity index (χ1n) is 7.44. The molecule has 0 aliphatic heterocycles. The minimum atomic E-state index is -0.294. The summed E-state index contributed by atoms with van der Waals surface area (Å²) in [6, 6.07) is 11.2. The van der Waals surface area contributed by atoms with Crippen LogP contribution in [0.2, 0.25) is 0 Å². The molecule has 0 N–H and O–H groups in total. The maximum absolute atomic E-state index is 13.1. The first kappa shape index (κ1) is 15.2. The van der Waals surface area contributed by atoms with Gasteiger partial charge in [-0.15, -0.1) is 0 Å². The highest BCUT2D eigenvalue weighted by Gasteiger charge is 2.15. The third-order valence-corrected chi connectivity index (χ3v) is 3.97. The van der Waals surface area contributed by atoms with Crippen molar-refractivity contribution in [3.8, 4) is 5.75 Å². The number of hydrogen-bond donors (Lipinski definition) is 0. The van der Waals surface area contributed by atoms with Crippen molar-refractivity contribution in [2.75, 3.05) is 7.11 Å². The van der Waals surface area contributed by atoms with E-state index in [9.17, 15) is 9.18 Å². The summed E-state index contributed by atoms with van der Waals surface area (Å²) >= 11 is 0. The van der Waals surface area contributed by atoms with Gasteiger partial charge >= 0.3 is 0 Å². The molecular formula is C18H17FN2O2. The molecule has 3 aromatic rings. The summed E-state index contributed by atoms with van der Waals surface area (Å²) in [4.78, 5) is 17.2. The molecule has 118 valence electrons. The van der Waals surface area contributed by atoms with Gasteiger partial charge in [-0.2, -0.15) is 0 Å². The van der Waals surface area contributed by atoms with Gasteiger partial charge in [-0.3, -0.25) is 9.36 Å². The van der Waals surface area contributed by atoms with E-state index in [4.69, 9.17) is 4.74 Å². The van der Waals surface area contributed by atoms with Gasteiger partial charge in [-0.05, 0) is 42.3 Å². The SMILES string of the molecule is CC[C@@H](c1ccc(F)cc1)n1cnc2ccc(OC)cc2c1=O. The Bertz CT molecular complexity index is 888. The normalized spacial score (nSPS) is 12.3. The zero-order chi connectivity index (χ0) is 16.4. The van der Waals surface area contributed by atoms with E-state index in [0.29, 0.717) is 23.1 Å². The molecule has 0 unspecified atom stereocenters. The van der Waals surface area contributed by atoms with E-state index in [-0.39, 0.29) is 17.4 Å². The highest BCUT2D eigenvalue weighted by Crippen LogP contribution is 2.22. The third-order valence-electron chi connectivity index (χ3n) is 3.97. The summed E-state index contributed by atoms with van der Waals surface area (Å²) < 4.78 is 19.9. The summed E-state index contributed by atoms with van der Waals surface area (Å²) in [7, 11) is 1.56. The molecule has 1 aromatic heterocycles. The quantitative estimate of drug-likeness (QED) is 0.740. The second kappa shape index (κ2) is 6.20. The Labute approximate surface area is 133 Å². The molecule has 0 fully saturated rings. The van der Waals surface area contributed by atoms with Crippen molar-refractivity contribution in [3.63, 3.8) is 0 Å². The van der Waals surface area contributed by atoms with Crippen LogP contribution in [-0.4, -0.2) is 16.7 Å². The zero-order valence-corrected chi connectivity index (χ0v) is 13.0. The molecule has 0 spiro atoms. The smallest absolute Gasteiger partial charge is 0.261 e. The van der Waals surface area contributed by atoms with Gasteiger partial charge < -0.3 is 4.74 Å². The summed E-state index contributed by atoms with van der Waals surface area (Å²) in [5.74, 6) is 0.321. The monoisotopic (exact) mass is 312 g/mol. The average molecular weight is 312 g/mol. The van der Waals surface area contributed by atoms with E-state index in [1.165, 1.54) is 12.1 Å². The standard InChI is InChI=1S/C18H17FN2O2/c1-3-17(12-4-6-13(19)7-5-12)21-11-20-16-9-8-14(23-2)10-15(16)18(21)22/h4-11,17H,3H2,1-2H3/t17-/m0/s1. The Morgan fingerprint density at radius 1 is 1.22 bits per heavy atom. The predicted octanol–water partition coefficient (Wildman–Crippen LogP) is 3.54. The van der Waals surface area contributed by atoms with Crippen LogP contribution in [0.3, 0.4) is 0 Å². The van der Waals surface area contributed by atoms with Gasteiger partial charge in [0.2, 0.25) is 0 Å². The van der Waals surface area contributed by atoms with Crippen molar-refractivity contribution in [1.29, 1.82) is 0 Å². The highest BCUT2D eigenvalue weighted by atomic mass is 19.1. The van der Waals surface area contributed by atoms with E-state index >= 15 is 0 Å². The Balaban J connectivity index is 2.15. The van der Waals surface area contributed by atoms with Gasteiger partial charge in [0, 0.05) is 0 Å². The second-order valence-electron chi connectivity index (χ2n) is 5.32. The minimum Gasteiger partial charge on any atom is -0.497 e.